The Bertz CT molecular complexity index is 1020. The van der Waals surface area contributed by atoms with Crippen molar-refractivity contribution in [1.29, 1.82) is 0 Å². The molecular weight excluding hydrogens is 436 g/mol. The van der Waals surface area contributed by atoms with Gasteiger partial charge in [-0.2, -0.15) is 0 Å². The number of carbonyl (C=O) groups excluding carboxylic acids is 2. The van der Waals surface area contributed by atoms with Gasteiger partial charge in [0.1, 0.15) is 11.4 Å². The van der Waals surface area contributed by atoms with Gasteiger partial charge in [0.25, 0.3) is 11.4 Å². The highest BCUT2D eigenvalue weighted by Crippen LogP contribution is 2.33. The third-order valence-corrected chi connectivity index (χ3v) is 5.36. The second-order valence-electron chi connectivity index (χ2n) is 7.23. The van der Waals surface area contributed by atoms with E-state index in [0.29, 0.717) is 44.0 Å². The highest BCUT2D eigenvalue weighted by atomic mass is 16.6. The van der Waals surface area contributed by atoms with Crippen molar-refractivity contribution >= 4 is 34.7 Å². The molecular formula is C21H22N4O8. The lowest BCUT2D eigenvalue weighted by atomic mass is 10.1. The second kappa shape index (κ2) is 9.94. The van der Waals surface area contributed by atoms with Gasteiger partial charge in [0.05, 0.1) is 35.2 Å². The minimum absolute atomic E-state index is 0.0747. The first kappa shape index (κ1) is 23.4. The summed E-state index contributed by atoms with van der Waals surface area (Å²) in [6, 6.07) is 8.31. The first-order chi connectivity index (χ1) is 15.8. The number of carbonyl (C=O) groups is 2. The molecule has 0 atom stereocenters. The van der Waals surface area contributed by atoms with Crippen LogP contribution >= 0.6 is 0 Å². The molecule has 12 nitrogen and oxygen atoms in total. The highest BCUT2D eigenvalue weighted by Gasteiger charge is 2.27. The van der Waals surface area contributed by atoms with Crippen molar-refractivity contribution < 1.29 is 28.9 Å². The minimum atomic E-state index is -0.672. The van der Waals surface area contributed by atoms with Crippen molar-refractivity contribution in [3.05, 3.63) is 67.8 Å². The van der Waals surface area contributed by atoms with Gasteiger partial charge in [-0.3, -0.25) is 20.2 Å². The third kappa shape index (κ3) is 5.00. The molecule has 12 heteroatoms. The Hall–Kier alpha value is -4.22. The number of methoxy groups -OCH3 is 2. The van der Waals surface area contributed by atoms with Crippen molar-refractivity contribution in [2.45, 2.75) is 6.42 Å². The SMILES string of the molecule is COC(=O)c1ccc(N2CCCN(c3ccc(C(=O)OC)cc3[N+](=O)[O-])CC2)c([N+](=O)[O-])c1. The predicted molar refractivity (Wildman–Crippen MR) is 118 cm³/mol. The van der Waals surface area contributed by atoms with Gasteiger partial charge in [0, 0.05) is 38.3 Å². The lowest BCUT2D eigenvalue weighted by Crippen LogP contribution is -2.31. The topological polar surface area (TPSA) is 145 Å². The molecule has 0 spiro atoms. The normalized spacial score (nSPS) is 13.8. The molecule has 1 aliphatic heterocycles. The van der Waals surface area contributed by atoms with Gasteiger partial charge in [-0.1, -0.05) is 0 Å². The molecule has 0 bridgehead atoms. The van der Waals surface area contributed by atoms with E-state index in [0.717, 1.165) is 0 Å². The molecule has 2 aromatic carbocycles. The van der Waals surface area contributed by atoms with Crippen LogP contribution in [0, 0.1) is 20.2 Å². The Morgan fingerprint density at radius 1 is 0.758 bits per heavy atom. The van der Waals surface area contributed by atoms with Crippen LogP contribution in [0.4, 0.5) is 22.7 Å². The monoisotopic (exact) mass is 458 g/mol. The van der Waals surface area contributed by atoms with Gasteiger partial charge in [0.15, 0.2) is 0 Å². The Morgan fingerprint density at radius 3 is 1.48 bits per heavy atom. The number of nitro benzene ring substituents is 2. The summed E-state index contributed by atoms with van der Waals surface area (Å²) >= 11 is 0. The van der Waals surface area contributed by atoms with Gasteiger partial charge in [-0.25, -0.2) is 9.59 Å². The van der Waals surface area contributed by atoms with Gasteiger partial charge in [-0.15, -0.1) is 0 Å². The van der Waals surface area contributed by atoms with Gasteiger partial charge in [-0.05, 0) is 30.7 Å². The van der Waals surface area contributed by atoms with Crippen LogP contribution in [0.3, 0.4) is 0 Å². The van der Waals surface area contributed by atoms with Crippen LogP contribution in [0.1, 0.15) is 27.1 Å². The number of nitro groups is 2. The maximum absolute atomic E-state index is 11.8. The largest absolute Gasteiger partial charge is 0.465 e. The Morgan fingerprint density at radius 2 is 1.15 bits per heavy atom. The van der Waals surface area contributed by atoms with Crippen molar-refractivity contribution in [3.8, 4) is 0 Å². The van der Waals surface area contributed by atoms with Crippen LogP contribution in [0.15, 0.2) is 36.4 Å². The van der Waals surface area contributed by atoms with E-state index >= 15 is 0 Å². The number of esters is 2. The van der Waals surface area contributed by atoms with Crippen molar-refractivity contribution in [3.63, 3.8) is 0 Å². The average Bonchev–Trinajstić information content (AvgIpc) is 3.08. The zero-order valence-electron chi connectivity index (χ0n) is 18.1. The molecule has 1 heterocycles. The quantitative estimate of drug-likeness (QED) is 0.360. The zero-order chi connectivity index (χ0) is 24.1. The molecule has 0 radical (unpaired) electrons. The van der Waals surface area contributed by atoms with Gasteiger partial charge in [0.2, 0.25) is 0 Å². The fourth-order valence-corrected chi connectivity index (χ4v) is 3.76. The summed E-state index contributed by atoms with van der Waals surface area (Å²) in [6.07, 6.45) is 0.575. The summed E-state index contributed by atoms with van der Waals surface area (Å²) in [6.45, 7) is 1.66. The molecule has 0 N–H and O–H groups in total. The number of anilines is 2. The fraction of sp³-hybridized carbons (Fsp3) is 0.333. The molecule has 2 aromatic rings. The van der Waals surface area contributed by atoms with E-state index in [4.69, 9.17) is 0 Å². The molecule has 1 saturated heterocycles. The van der Waals surface area contributed by atoms with Gasteiger partial charge >= 0.3 is 11.9 Å². The minimum Gasteiger partial charge on any atom is -0.465 e. The molecule has 1 aliphatic rings. The fourth-order valence-electron chi connectivity index (χ4n) is 3.76. The number of ether oxygens (including phenoxy) is 2. The van der Waals surface area contributed by atoms with E-state index < -0.39 is 21.8 Å². The number of nitrogens with zero attached hydrogens (tertiary/aromatic N) is 4. The Labute approximate surface area is 188 Å². The Balaban J connectivity index is 1.87. The maximum atomic E-state index is 11.8. The number of benzene rings is 2. The smallest absolute Gasteiger partial charge is 0.338 e. The third-order valence-electron chi connectivity index (χ3n) is 5.36. The Kier molecular flexibility index (Phi) is 7.06. The van der Waals surface area contributed by atoms with Crippen LogP contribution in [-0.2, 0) is 9.47 Å². The van der Waals surface area contributed by atoms with Crippen LogP contribution in [0.5, 0.6) is 0 Å². The lowest BCUT2D eigenvalue weighted by Gasteiger charge is -2.24. The molecule has 0 aliphatic carbocycles. The van der Waals surface area contributed by atoms with E-state index in [2.05, 4.69) is 9.47 Å². The molecule has 0 saturated carbocycles. The molecule has 0 unspecified atom stereocenters. The zero-order valence-corrected chi connectivity index (χ0v) is 18.1. The lowest BCUT2D eigenvalue weighted by molar-refractivity contribution is -0.384. The standard InChI is InChI=1S/C21H22N4O8/c1-32-20(26)14-4-6-16(18(12-14)24(28)29)22-8-3-9-23(11-10-22)17-7-5-15(21(27)33-2)13-19(17)25(30)31/h4-7,12-13H,3,8-11H2,1-2H3. The molecule has 0 aromatic heterocycles. The molecule has 3 rings (SSSR count). The van der Waals surface area contributed by atoms with E-state index in [1.165, 1.54) is 50.6 Å². The van der Waals surface area contributed by atoms with E-state index in [1.807, 2.05) is 9.80 Å². The summed E-state index contributed by atoms with van der Waals surface area (Å²) in [7, 11) is 2.39. The van der Waals surface area contributed by atoms with Gasteiger partial charge < -0.3 is 19.3 Å². The summed E-state index contributed by atoms with van der Waals surface area (Å²) in [5, 5.41) is 23.3. The summed E-state index contributed by atoms with van der Waals surface area (Å²) in [4.78, 5) is 49.3. The van der Waals surface area contributed by atoms with Crippen LogP contribution in [-0.4, -0.2) is 62.2 Å². The first-order valence-electron chi connectivity index (χ1n) is 10.00. The maximum Gasteiger partial charge on any atom is 0.338 e. The van der Waals surface area contributed by atoms with Crippen LogP contribution in [0.25, 0.3) is 0 Å². The predicted octanol–water partition coefficient (Wildman–Crippen LogP) is 2.79. The second-order valence-corrected chi connectivity index (χ2v) is 7.23. The molecule has 0 amide bonds. The number of rotatable bonds is 6. The van der Waals surface area contributed by atoms with Crippen LogP contribution in [0.2, 0.25) is 0 Å². The van der Waals surface area contributed by atoms with Crippen molar-refractivity contribution in [2.24, 2.45) is 0 Å². The molecule has 33 heavy (non-hydrogen) atoms. The van der Waals surface area contributed by atoms with Crippen molar-refractivity contribution in [2.75, 3.05) is 50.2 Å². The van der Waals surface area contributed by atoms with E-state index in [1.54, 1.807) is 0 Å². The number of hydrogen-bond acceptors (Lipinski definition) is 10. The molecule has 174 valence electrons. The highest BCUT2D eigenvalue weighted by molar-refractivity contribution is 5.92. The average molecular weight is 458 g/mol. The van der Waals surface area contributed by atoms with E-state index in [9.17, 15) is 29.8 Å². The van der Waals surface area contributed by atoms with Crippen molar-refractivity contribution in [1.82, 2.24) is 0 Å². The molecule has 1 fully saturated rings. The van der Waals surface area contributed by atoms with E-state index in [-0.39, 0.29) is 22.5 Å². The van der Waals surface area contributed by atoms with Crippen LogP contribution < -0.4 is 9.80 Å². The summed E-state index contributed by atoms with van der Waals surface area (Å²) < 4.78 is 9.27. The summed E-state index contributed by atoms with van der Waals surface area (Å²) in [5.41, 5.74) is 0.408. The summed E-state index contributed by atoms with van der Waals surface area (Å²) in [5.74, 6) is -1.34. The first-order valence-corrected chi connectivity index (χ1v) is 10.00. The number of hydrogen-bond donors (Lipinski definition) is 0.